The van der Waals surface area contributed by atoms with E-state index in [9.17, 15) is 23.1 Å². The van der Waals surface area contributed by atoms with Gasteiger partial charge in [-0.2, -0.15) is 13.2 Å². The number of hydrogen-bond acceptors (Lipinski definition) is 3. The fourth-order valence-electron chi connectivity index (χ4n) is 2.37. The van der Waals surface area contributed by atoms with Crippen molar-refractivity contribution < 1.29 is 27.8 Å². The first-order chi connectivity index (χ1) is 9.81. The van der Waals surface area contributed by atoms with Gasteiger partial charge in [0.1, 0.15) is 0 Å². The summed E-state index contributed by atoms with van der Waals surface area (Å²) in [6.07, 6.45) is -6.14. The minimum absolute atomic E-state index is 0.0505. The van der Waals surface area contributed by atoms with Gasteiger partial charge in [-0.3, -0.25) is 0 Å². The van der Waals surface area contributed by atoms with E-state index in [-0.39, 0.29) is 17.8 Å². The first kappa shape index (κ1) is 15.4. The monoisotopic (exact) mass is 301 g/mol. The highest BCUT2D eigenvalue weighted by atomic mass is 19.4. The molecule has 0 saturated carbocycles. The molecule has 0 spiro atoms. The lowest BCUT2D eigenvalue weighted by Crippen LogP contribution is -2.18. The Bertz CT molecular complexity index is 676. The van der Waals surface area contributed by atoms with Gasteiger partial charge in [0.25, 0.3) is 0 Å². The molecule has 1 aromatic heterocycles. The number of nitrogens with zero attached hydrogens (tertiary/aromatic N) is 1. The molecule has 1 heterocycles. The van der Waals surface area contributed by atoms with Crippen LogP contribution in [0.2, 0.25) is 0 Å². The molecule has 0 radical (unpaired) electrons. The van der Waals surface area contributed by atoms with Gasteiger partial charge in [-0.25, -0.2) is 4.79 Å². The Morgan fingerprint density at radius 1 is 1.43 bits per heavy atom. The molecular formula is C14H14F3NO3. The third kappa shape index (κ3) is 2.61. The Balaban J connectivity index is 2.74. The first-order valence-corrected chi connectivity index (χ1v) is 6.26. The fourth-order valence-corrected chi connectivity index (χ4v) is 2.37. The van der Waals surface area contributed by atoms with Crippen LogP contribution in [0.25, 0.3) is 10.9 Å². The number of benzene rings is 1. The van der Waals surface area contributed by atoms with E-state index in [1.165, 1.54) is 22.8 Å². The zero-order chi connectivity index (χ0) is 15.8. The van der Waals surface area contributed by atoms with Crippen molar-refractivity contribution in [1.29, 1.82) is 0 Å². The summed E-state index contributed by atoms with van der Waals surface area (Å²) in [4.78, 5) is 11.4. The molecule has 0 aliphatic carbocycles. The molecule has 4 nitrogen and oxygen atoms in total. The van der Waals surface area contributed by atoms with Gasteiger partial charge in [-0.15, -0.1) is 0 Å². The highest BCUT2D eigenvalue weighted by Gasteiger charge is 2.35. The van der Waals surface area contributed by atoms with Crippen LogP contribution in [0, 0.1) is 0 Å². The summed E-state index contributed by atoms with van der Waals surface area (Å²) >= 11 is 0. The molecule has 114 valence electrons. The number of aromatic nitrogens is 1. The molecule has 1 atom stereocenters. The largest absolute Gasteiger partial charge is 0.467 e. The third-order valence-corrected chi connectivity index (χ3v) is 3.28. The number of methoxy groups -OCH3 is 1. The molecular weight excluding hydrogens is 287 g/mol. The molecule has 7 heteroatoms. The van der Waals surface area contributed by atoms with Crippen molar-refractivity contribution in [2.45, 2.75) is 25.7 Å². The molecule has 21 heavy (non-hydrogen) atoms. The van der Waals surface area contributed by atoms with Gasteiger partial charge in [0.05, 0.1) is 23.9 Å². The van der Waals surface area contributed by atoms with Gasteiger partial charge in [-0.1, -0.05) is 12.1 Å². The number of carbonyl (C=O) groups is 1. The van der Waals surface area contributed by atoms with Crippen LogP contribution in [-0.4, -0.2) is 22.8 Å². The maximum absolute atomic E-state index is 13.1. The topological polar surface area (TPSA) is 51.5 Å². The average molecular weight is 301 g/mol. The molecule has 0 saturated heterocycles. The van der Waals surface area contributed by atoms with Crippen LogP contribution < -0.4 is 0 Å². The summed E-state index contributed by atoms with van der Waals surface area (Å²) in [6, 6.07) is 5.14. The molecule has 0 aliphatic rings. The lowest BCUT2D eigenvalue weighted by atomic mass is 10.1. The van der Waals surface area contributed by atoms with E-state index in [0.717, 1.165) is 13.2 Å². The predicted octanol–water partition coefficient (Wildman–Crippen LogP) is 2.89. The number of ether oxygens (including phenoxy) is 1. The predicted molar refractivity (Wildman–Crippen MR) is 69.6 cm³/mol. The average Bonchev–Trinajstić information content (AvgIpc) is 2.82. The highest BCUT2D eigenvalue weighted by molar-refractivity contribution is 5.87. The summed E-state index contributed by atoms with van der Waals surface area (Å²) < 4.78 is 45.0. The van der Waals surface area contributed by atoms with Crippen molar-refractivity contribution in [2.75, 3.05) is 7.11 Å². The molecule has 0 fully saturated rings. The summed E-state index contributed by atoms with van der Waals surface area (Å²) in [5.41, 5.74) is -0.772. The lowest BCUT2D eigenvalue weighted by molar-refractivity contribution is -0.151. The zero-order valence-electron chi connectivity index (χ0n) is 11.4. The van der Waals surface area contributed by atoms with E-state index in [0.29, 0.717) is 5.39 Å². The van der Waals surface area contributed by atoms with Gasteiger partial charge < -0.3 is 14.4 Å². The number of hydrogen-bond donors (Lipinski definition) is 1. The Kier molecular flexibility index (Phi) is 3.95. The minimum atomic E-state index is -4.52. The van der Waals surface area contributed by atoms with Crippen molar-refractivity contribution in [3.8, 4) is 0 Å². The van der Waals surface area contributed by atoms with Crippen LogP contribution in [-0.2, 0) is 22.3 Å². The van der Waals surface area contributed by atoms with E-state index < -0.39 is 23.8 Å². The molecule has 0 amide bonds. The van der Waals surface area contributed by atoms with E-state index in [1.54, 1.807) is 6.92 Å². The molecule has 2 rings (SSSR count). The number of aliphatic hydroxyl groups excluding tert-OH is 1. The van der Waals surface area contributed by atoms with E-state index >= 15 is 0 Å². The van der Waals surface area contributed by atoms with Gasteiger partial charge in [0.2, 0.25) is 0 Å². The summed E-state index contributed by atoms with van der Waals surface area (Å²) in [5, 5.41) is 10.2. The summed E-state index contributed by atoms with van der Waals surface area (Å²) in [5.74, 6) is -0.916. The Labute approximate surface area is 118 Å². The molecule has 1 unspecified atom stereocenters. The zero-order valence-corrected chi connectivity index (χ0v) is 11.4. The van der Waals surface area contributed by atoms with Gasteiger partial charge in [0, 0.05) is 11.9 Å². The van der Waals surface area contributed by atoms with Crippen LogP contribution in [0.5, 0.6) is 0 Å². The minimum Gasteiger partial charge on any atom is -0.467 e. The van der Waals surface area contributed by atoms with Crippen LogP contribution in [0.15, 0.2) is 24.3 Å². The van der Waals surface area contributed by atoms with E-state index in [4.69, 9.17) is 0 Å². The second kappa shape index (κ2) is 5.40. The third-order valence-electron chi connectivity index (χ3n) is 3.28. The van der Waals surface area contributed by atoms with Crippen molar-refractivity contribution in [3.05, 3.63) is 35.5 Å². The van der Waals surface area contributed by atoms with Gasteiger partial charge in [0.15, 0.2) is 6.10 Å². The Morgan fingerprint density at radius 3 is 2.62 bits per heavy atom. The standard InChI is InChI=1S/C14H14F3NO3/c1-3-18-10(12(19)13(20)21-2)7-8-5-4-6-9(11(8)18)14(15,16)17/h4-7,12,19H,3H2,1-2H3. The Hall–Kier alpha value is -2.02. The van der Waals surface area contributed by atoms with Crippen molar-refractivity contribution in [3.63, 3.8) is 0 Å². The number of halogens is 3. The number of para-hydroxylation sites is 1. The molecule has 2 aromatic rings. The fraction of sp³-hybridized carbons (Fsp3) is 0.357. The molecule has 0 aliphatic heterocycles. The molecule has 0 bridgehead atoms. The number of aliphatic hydroxyl groups is 1. The van der Waals surface area contributed by atoms with Gasteiger partial charge in [-0.05, 0) is 19.1 Å². The summed E-state index contributed by atoms with van der Waals surface area (Å²) in [7, 11) is 1.10. The van der Waals surface area contributed by atoms with Crippen LogP contribution in [0.4, 0.5) is 13.2 Å². The van der Waals surface area contributed by atoms with Crippen LogP contribution in [0.1, 0.15) is 24.3 Å². The quantitative estimate of drug-likeness (QED) is 0.887. The van der Waals surface area contributed by atoms with Gasteiger partial charge >= 0.3 is 12.1 Å². The number of alkyl halides is 3. The Morgan fingerprint density at radius 2 is 2.10 bits per heavy atom. The number of fused-ring (bicyclic) bond motifs is 1. The smallest absolute Gasteiger partial charge is 0.418 e. The molecule has 1 aromatic carbocycles. The molecule has 1 N–H and O–H groups in total. The maximum Gasteiger partial charge on any atom is 0.418 e. The normalized spacial score (nSPS) is 13.4. The maximum atomic E-state index is 13.1. The first-order valence-electron chi connectivity index (χ1n) is 6.26. The SMILES string of the molecule is CCn1c(C(O)C(=O)OC)cc2cccc(C(F)(F)F)c21. The van der Waals surface area contributed by atoms with Crippen LogP contribution in [0.3, 0.4) is 0 Å². The van der Waals surface area contributed by atoms with Crippen molar-refractivity contribution in [2.24, 2.45) is 0 Å². The van der Waals surface area contributed by atoms with E-state index in [1.807, 2.05) is 0 Å². The lowest BCUT2D eigenvalue weighted by Gasteiger charge is -2.15. The number of aryl methyl sites for hydroxylation is 1. The number of carbonyl (C=O) groups excluding carboxylic acids is 1. The van der Waals surface area contributed by atoms with E-state index in [2.05, 4.69) is 4.74 Å². The van der Waals surface area contributed by atoms with Crippen molar-refractivity contribution >= 4 is 16.9 Å². The van der Waals surface area contributed by atoms with Crippen molar-refractivity contribution in [1.82, 2.24) is 4.57 Å². The number of esters is 1. The number of rotatable bonds is 3. The highest BCUT2D eigenvalue weighted by Crippen LogP contribution is 2.37. The van der Waals surface area contributed by atoms with Crippen LogP contribution >= 0.6 is 0 Å². The second-order valence-corrected chi connectivity index (χ2v) is 4.48. The summed E-state index contributed by atoms with van der Waals surface area (Å²) in [6.45, 7) is 1.82. The second-order valence-electron chi connectivity index (χ2n) is 4.48.